The molecule has 110 valence electrons. The van der Waals surface area contributed by atoms with Gasteiger partial charge in [-0.15, -0.1) is 0 Å². The number of hydrogen-bond donors (Lipinski definition) is 1. The van der Waals surface area contributed by atoms with E-state index in [2.05, 4.69) is 4.98 Å². The van der Waals surface area contributed by atoms with Crippen LogP contribution in [0.15, 0.2) is 42.7 Å². The zero-order valence-corrected chi connectivity index (χ0v) is 11.6. The van der Waals surface area contributed by atoms with Crippen LogP contribution in [0.3, 0.4) is 0 Å². The lowest BCUT2D eigenvalue weighted by molar-refractivity contribution is -0.0116. The molecule has 1 aromatic heterocycles. The van der Waals surface area contributed by atoms with E-state index < -0.39 is 5.92 Å². The van der Waals surface area contributed by atoms with Gasteiger partial charge >= 0.3 is 0 Å². The average molecular weight is 289 g/mol. The lowest BCUT2D eigenvalue weighted by Gasteiger charge is -2.34. The number of aromatic nitrogens is 1. The molecule has 2 aromatic rings. The van der Waals surface area contributed by atoms with Gasteiger partial charge in [0.05, 0.1) is 6.54 Å². The molecule has 1 fully saturated rings. The first-order valence-corrected chi connectivity index (χ1v) is 6.98. The Balaban J connectivity index is 1.94. The molecule has 2 N–H and O–H groups in total. The highest BCUT2D eigenvalue weighted by Crippen LogP contribution is 2.34. The minimum atomic E-state index is -2.62. The Bertz CT molecular complexity index is 629. The summed E-state index contributed by atoms with van der Waals surface area (Å²) in [6, 6.07) is 9.18. The third-order valence-electron chi connectivity index (χ3n) is 3.77. The van der Waals surface area contributed by atoms with Gasteiger partial charge in [0.2, 0.25) is 0 Å². The van der Waals surface area contributed by atoms with E-state index in [4.69, 9.17) is 5.73 Å². The fourth-order valence-electron chi connectivity index (χ4n) is 2.70. The molecule has 5 heteroatoms. The summed E-state index contributed by atoms with van der Waals surface area (Å²) in [5, 5.41) is 0. The highest BCUT2D eigenvalue weighted by Gasteiger charge is 2.35. The predicted octanol–water partition coefficient (Wildman–Crippen LogP) is 3.57. The number of benzene rings is 1. The highest BCUT2D eigenvalue weighted by atomic mass is 19.3. The molecule has 1 aliphatic rings. The number of nitrogens with zero attached hydrogens (tertiary/aromatic N) is 2. The summed E-state index contributed by atoms with van der Waals surface area (Å²) in [5.41, 5.74) is 9.13. The van der Waals surface area contributed by atoms with Crippen LogP contribution in [0.2, 0.25) is 0 Å². The summed E-state index contributed by atoms with van der Waals surface area (Å²) in [5.74, 6) is -2.62. The number of piperidine rings is 1. The number of alkyl halides is 2. The van der Waals surface area contributed by atoms with Gasteiger partial charge in [0.1, 0.15) is 0 Å². The average Bonchev–Trinajstić information content (AvgIpc) is 2.47. The van der Waals surface area contributed by atoms with Crippen LogP contribution in [0.25, 0.3) is 11.1 Å². The second-order valence-electron chi connectivity index (χ2n) is 5.39. The molecule has 0 saturated carbocycles. The fourth-order valence-corrected chi connectivity index (χ4v) is 2.70. The summed E-state index contributed by atoms with van der Waals surface area (Å²) >= 11 is 0. The van der Waals surface area contributed by atoms with Crippen molar-refractivity contribution in [3.8, 4) is 11.1 Å². The number of nitrogens with two attached hydrogens (primary N) is 1. The van der Waals surface area contributed by atoms with E-state index in [0.29, 0.717) is 18.7 Å². The maximum absolute atomic E-state index is 13.6. The molecule has 0 bridgehead atoms. The van der Waals surface area contributed by atoms with E-state index in [9.17, 15) is 8.78 Å². The standard InChI is InChI=1S/C16H17F2N3/c17-16(18)6-2-8-21(11-16)13-4-5-15(19)14(9-13)12-3-1-7-20-10-12/h1,3-5,7,9-10H,2,6,8,11,19H2. The molecule has 0 unspecified atom stereocenters. The molecule has 1 aliphatic heterocycles. The van der Waals surface area contributed by atoms with Gasteiger partial charge in [-0.25, -0.2) is 8.78 Å². The lowest BCUT2D eigenvalue weighted by atomic mass is 10.0. The summed E-state index contributed by atoms with van der Waals surface area (Å²) in [6.07, 6.45) is 3.88. The Morgan fingerprint density at radius 3 is 2.81 bits per heavy atom. The Kier molecular flexibility index (Phi) is 3.49. The third-order valence-corrected chi connectivity index (χ3v) is 3.77. The minimum absolute atomic E-state index is 0.0338. The molecule has 1 aromatic carbocycles. The van der Waals surface area contributed by atoms with E-state index in [1.807, 2.05) is 18.2 Å². The Morgan fingerprint density at radius 1 is 1.24 bits per heavy atom. The van der Waals surface area contributed by atoms with Gasteiger partial charge in [0.25, 0.3) is 5.92 Å². The van der Waals surface area contributed by atoms with Crippen molar-refractivity contribution >= 4 is 11.4 Å². The number of nitrogen functional groups attached to an aromatic ring is 1. The van der Waals surface area contributed by atoms with Crippen molar-refractivity contribution in [1.29, 1.82) is 0 Å². The van der Waals surface area contributed by atoms with Crippen LogP contribution in [-0.4, -0.2) is 24.0 Å². The maximum atomic E-state index is 13.6. The van der Waals surface area contributed by atoms with Gasteiger partial charge in [0, 0.05) is 47.9 Å². The van der Waals surface area contributed by atoms with Gasteiger partial charge in [-0.3, -0.25) is 4.98 Å². The fraction of sp³-hybridized carbons (Fsp3) is 0.312. The first-order chi connectivity index (χ1) is 10.1. The van der Waals surface area contributed by atoms with Crippen LogP contribution in [0.5, 0.6) is 0 Å². The van der Waals surface area contributed by atoms with Gasteiger partial charge in [0.15, 0.2) is 0 Å². The first-order valence-electron chi connectivity index (χ1n) is 6.98. The second kappa shape index (κ2) is 5.31. The zero-order valence-electron chi connectivity index (χ0n) is 11.6. The minimum Gasteiger partial charge on any atom is -0.398 e. The van der Waals surface area contributed by atoms with E-state index in [1.54, 1.807) is 29.4 Å². The van der Waals surface area contributed by atoms with E-state index in [1.165, 1.54) is 0 Å². The van der Waals surface area contributed by atoms with E-state index >= 15 is 0 Å². The van der Waals surface area contributed by atoms with Crippen molar-refractivity contribution in [3.05, 3.63) is 42.7 Å². The maximum Gasteiger partial charge on any atom is 0.265 e. The van der Waals surface area contributed by atoms with Crippen LogP contribution < -0.4 is 10.6 Å². The number of hydrogen-bond acceptors (Lipinski definition) is 3. The largest absolute Gasteiger partial charge is 0.398 e. The van der Waals surface area contributed by atoms with Crippen molar-refractivity contribution in [2.24, 2.45) is 0 Å². The molecular weight excluding hydrogens is 272 g/mol. The molecule has 0 spiro atoms. The van der Waals surface area contributed by atoms with Crippen LogP contribution in [-0.2, 0) is 0 Å². The number of halogens is 2. The molecule has 0 atom stereocenters. The lowest BCUT2D eigenvalue weighted by Crippen LogP contribution is -2.42. The Hall–Kier alpha value is -2.17. The zero-order chi connectivity index (χ0) is 14.9. The second-order valence-corrected chi connectivity index (χ2v) is 5.39. The summed E-state index contributed by atoms with van der Waals surface area (Å²) in [7, 11) is 0. The number of pyridine rings is 1. The van der Waals surface area contributed by atoms with E-state index in [-0.39, 0.29) is 13.0 Å². The van der Waals surface area contributed by atoms with Crippen LogP contribution in [0.4, 0.5) is 20.2 Å². The van der Waals surface area contributed by atoms with Crippen molar-refractivity contribution in [1.82, 2.24) is 4.98 Å². The molecule has 1 saturated heterocycles. The quantitative estimate of drug-likeness (QED) is 0.859. The SMILES string of the molecule is Nc1ccc(N2CCCC(F)(F)C2)cc1-c1cccnc1. The van der Waals surface area contributed by atoms with Crippen LogP contribution in [0, 0.1) is 0 Å². The topological polar surface area (TPSA) is 42.1 Å². The molecule has 2 heterocycles. The van der Waals surface area contributed by atoms with E-state index in [0.717, 1.165) is 16.8 Å². The summed E-state index contributed by atoms with van der Waals surface area (Å²) in [6.45, 7) is 0.412. The first kappa shape index (κ1) is 13.8. The Morgan fingerprint density at radius 2 is 2.10 bits per heavy atom. The molecule has 0 radical (unpaired) electrons. The van der Waals surface area contributed by atoms with Crippen molar-refractivity contribution in [2.75, 3.05) is 23.7 Å². The predicted molar refractivity (Wildman–Crippen MR) is 80.5 cm³/mol. The van der Waals surface area contributed by atoms with Crippen LogP contribution >= 0.6 is 0 Å². The summed E-state index contributed by atoms with van der Waals surface area (Å²) in [4.78, 5) is 5.80. The smallest absolute Gasteiger partial charge is 0.265 e. The normalized spacial score (nSPS) is 17.7. The number of rotatable bonds is 2. The van der Waals surface area contributed by atoms with Crippen molar-refractivity contribution in [2.45, 2.75) is 18.8 Å². The van der Waals surface area contributed by atoms with Crippen molar-refractivity contribution < 1.29 is 8.78 Å². The van der Waals surface area contributed by atoms with Gasteiger partial charge in [-0.2, -0.15) is 0 Å². The third kappa shape index (κ3) is 2.96. The molecule has 0 amide bonds. The van der Waals surface area contributed by atoms with Gasteiger partial charge in [-0.1, -0.05) is 6.07 Å². The Labute approximate surface area is 122 Å². The molecular formula is C16H17F2N3. The summed E-state index contributed by atoms with van der Waals surface area (Å²) < 4.78 is 27.1. The van der Waals surface area contributed by atoms with Crippen molar-refractivity contribution in [3.63, 3.8) is 0 Å². The van der Waals surface area contributed by atoms with Gasteiger partial charge < -0.3 is 10.6 Å². The monoisotopic (exact) mass is 289 g/mol. The molecule has 0 aliphatic carbocycles. The molecule has 21 heavy (non-hydrogen) atoms. The number of anilines is 2. The molecule has 3 rings (SSSR count). The highest BCUT2D eigenvalue weighted by molar-refractivity contribution is 5.79. The van der Waals surface area contributed by atoms with Gasteiger partial charge in [-0.05, 0) is 30.7 Å². The van der Waals surface area contributed by atoms with Crippen LogP contribution in [0.1, 0.15) is 12.8 Å². The molecule has 3 nitrogen and oxygen atoms in total.